The average molecular weight is 232 g/mol. The first-order chi connectivity index (χ1) is 6.78. The van der Waals surface area contributed by atoms with Crippen LogP contribution in [0.2, 0.25) is 18.1 Å². The fourth-order valence-electron chi connectivity index (χ4n) is 1.49. The summed E-state index contributed by atoms with van der Waals surface area (Å²) < 4.78 is 11.6. The second-order valence-electron chi connectivity index (χ2n) is 5.80. The molecule has 15 heavy (non-hydrogen) atoms. The van der Waals surface area contributed by atoms with Crippen LogP contribution in [-0.4, -0.2) is 38.8 Å². The molecule has 0 aromatic rings. The predicted molar refractivity (Wildman–Crippen MR) is 63.5 cm³/mol. The van der Waals surface area contributed by atoms with Gasteiger partial charge in [0, 0.05) is 6.61 Å². The van der Waals surface area contributed by atoms with Crippen LogP contribution in [0.3, 0.4) is 0 Å². The van der Waals surface area contributed by atoms with Crippen LogP contribution < -0.4 is 0 Å². The number of hydrogen-bond donors (Lipinski definition) is 1. The van der Waals surface area contributed by atoms with Crippen LogP contribution in [0.25, 0.3) is 0 Å². The zero-order valence-corrected chi connectivity index (χ0v) is 11.5. The fraction of sp³-hybridized carbons (Fsp3) is 1.00. The van der Waals surface area contributed by atoms with Crippen LogP contribution >= 0.6 is 0 Å². The van der Waals surface area contributed by atoms with Gasteiger partial charge < -0.3 is 14.3 Å². The van der Waals surface area contributed by atoms with Crippen molar-refractivity contribution in [1.82, 2.24) is 0 Å². The predicted octanol–water partition coefficient (Wildman–Crippen LogP) is 2.16. The van der Waals surface area contributed by atoms with Gasteiger partial charge in [-0.25, -0.2) is 0 Å². The summed E-state index contributed by atoms with van der Waals surface area (Å²) >= 11 is 0. The lowest BCUT2D eigenvalue weighted by molar-refractivity contribution is 0.00840. The molecule has 1 unspecified atom stereocenters. The van der Waals surface area contributed by atoms with Gasteiger partial charge in [0.1, 0.15) is 6.10 Å². The second kappa shape index (κ2) is 4.53. The van der Waals surface area contributed by atoms with Crippen molar-refractivity contribution in [3.8, 4) is 0 Å². The lowest BCUT2D eigenvalue weighted by Crippen LogP contribution is -2.46. The number of aliphatic hydroxyl groups excluding tert-OH is 1. The van der Waals surface area contributed by atoms with Crippen molar-refractivity contribution >= 4 is 8.32 Å². The van der Waals surface area contributed by atoms with Crippen molar-refractivity contribution in [1.29, 1.82) is 0 Å². The lowest BCUT2D eigenvalue weighted by atomic mass is 10.2. The zero-order valence-electron chi connectivity index (χ0n) is 10.5. The van der Waals surface area contributed by atoms with E-state index >= 15 is 0 Å². The summed E-state index contributed by atoms with van der Waals surface area (Å²) in [4.78, 5) is 0. The van der Waals surface area contributed by atoms with Gasteiger partial charge in [-0.1, -0.05) is 20.8 Å². The Morgan fingerprint density at radius 2 is 2.00 bits per heavy atom. The van der Waals surface area contributed by atoms with E-state index in [1.165, 1.54) is 0 Å². The van der Waals surface area contributed by atoms with E-state index < -0.39 is 8.32 Å². The van der Waals surface area contributed by atoms with E-state index in [4.69, 9.17) is 14.3 Å². The third-order valence-corrected chi connectivity index (χ3v) is 8.09. The van der Waals surface area contributed by atoms with Crippen molar-refractivity contribution < 1.29 is 14.3 Å². The van der Waals surface area contributed by atoms with Crippen molar-refractivity contribution in [2.45, 2.75) is 57.5 Å². The minimum Gasteiger partial charge on any atom is -0.411 e. The standard InChI is InChI=1S/C11H24O3Si/c1-11(2,3)15(4,5)14-9-6-7-13-10(9)8-12/h9-10,12H,6-8H2,1-5H3/t9?,10-/m1/s1. The normalized spacial score (nSPS) is 28.4. The Labute approximate surface area is 93.9 Å². The van der Waals surface area contributed by atoms with Crippen molar-refractivity contribution in [2.24, 2.45) is 0 Å². The summed E-state index contributed by atoms with van der Waals surface area (Å²) in [6.45, 7) is 11.9. The summed E-state index contributed by atoms with van der Waals surface area (Å²) in [7, 11) is -1.72. The first-order valence-corrected chi connectivity index (χ1v) is 8.59. The second-order valence-corrected chi connectivity index (χ2v) is 10.6. The number of rotatable bonds is 3. The SMILES string of the molecule is CC(C)(C)[Si](C)(C)OC1CCO[C@@H]1CO. The van der Waals surface area contributed by atoms with E-state index in [1.54, 1.807) is 0 Å². The van der Waals surface area contributed by atoms with Gasteiger partial charge in [-0.05, 0) is 24.6 Å². The molecule has 1 rings (SSSR count). The quantitative estimate of drug-likeness (QED) is 0.758. The van der Waals surface area contributed by atoms with E-state index in [1.807, 2.05) is 0 Å². The monoisotopic (exact) mass is 232 g/mol. The van der Waals surface area contributed by atoms with E-state index in [-0.39, 0.29) is 23.9 Å². The molecule has 0 aliphatic carbocycles. The molecular formula is C11H24O3Si. The van der Waals surface area contributed by atoms with E-state index in [9.17, 15) is 0 Å². The average Bonchev–Trinajstić information content (AvgIpc) is 2.48. The Bertz CT molecular complexity index is 210. The molecule has 0 aromatic carbocycles. The molecule has 1 aliphatic rings. The maximum Gasteiger partial charge on any atom is 0.192 e. The van der Waals surface area contributed by atoms with Gasteiger partial charge in [0.15, 0.2) is 8.32 Å². The van der Waals surface area contributed by atoms with Gasteiger partial charge in [0.05, 0.1) is 12.7 Å². The van der Waals surface area contributed by atoms with Gasteiger partial charge in [-0.15, -0.1) is 0 Å². The third-order valence-electron chi connectivity index (χ3n) is 3.58. The van der Waals surface area contributed by atoms with Crippen LogP contribution in [0, 0.1) is 0 Å². The van der Waals surface area contributed by atoms with Crippen molar-refractivity contribution in [3.05, 3.63) is 0 Å². The van der Waals surface area contributed by atoms with E-state index in [2.05, 4.69) is 33.9 Å². The Morgan fingerprint density at radius 3 is 2.47 bits per heavy atom. The van der Waals surface area contributed by atoms with Crippen LogP contribution in [0.1, 0.15) is 27.2 Å². The molecule has 90 valence electrons. The van der Waals surface area contributed by atoms with Gasteiger partial charge >= 0.3 is 0 Å². The minimum atomic E-state index is -1.72. The highest BCUT2D eigenvalue weighted by atomic mass is 28.4. The molecule has 0 spiro atoms. The highest BCUT2D eigenvalue weighted by Gasteiger charge is 2.42. The third kappa shape index (κ3) is 3.03. The smallest absolute Gasteiger partial charge is 0.192 e. The Hall–Kier alpha value is 0.0969. The molecule has 0 radical (unpaired) electrons. The van der Waals surface area contributed by atoms with Gasteiger partial charge in [0.25, 0.3) is 0 Å². The van der Waals surface area contributed by atoms with E-state index in [0.29, 0.717) is 6.61 Å². The number of ether oxygens (including phenoxy) is 1. The fourth-order valence-corrected chi connectivity index (χ4v) is 2.87. The lowest BCUT2D eigenvalue weighted by Gasteiger charge is -2.39. The molecule has 1 saturated heterocycles. The summed E-state index contributed by atoms with van der Waals surface area (Å²) in [5, 5.41) is 9.36. The van der Waals surface area contributed by atoms with Gasteiger partial charge in [0.2, 0.25) is 0 Å². The molecule has 1 N–H and O–H groups in total. The largest absolute Gasteiger partial charge is 0.411 e. The molecule has 0 bridgehead atoms. The summed E-state index contributed by atoms with van der Waals surface area (Å²) in [5.74, 6) is 0. The maximum atomic E-state index is 9.15. The molecule has 1 aliphatic heterocycles. The molecule has 0 aromatic heterocycles. The van der Waals surface area contributed by atoms with Crippen LogP contribution in [-0.2, 0) is 9.16 Å². The zero-order chi connectivity index (χ0) is 11.7. The van der Waals surface area contributed by atoms with Gasteiger partial charge in [-0.3, -0.25) is 0 Å². The Kier molecular flexibility index (Phi) is 3.98. The maximum absolute atomic E-state index is 9.15. The molecule has 2 atom stereocenters. The Morgan fingerprint density at radius 1 is 1.40 bits per heavy atom. The topological polar surface area (TPSA) is 38.7 Å². The van der Waals surface area contributed by atoms with Crippen LogP contribution in [0.4, 0.5) is 0 Å². The number of aliphatic hydroxyl groups is 1. The molecule has 1 fully saturated rings. The van der Waals surface area contributed by atoms with E-state index in [0.717, 1.165) is 6.42 Å². The summed E-state index contributed by atoms with van der Waals surface area (Å²) in [5.41, 5.74) is 0. The first-order valence-electron chi connectivity index (χ1n) is 5.68. The molecule has 0 saturated carbocycles. The Balaban J connectivity index is 2.60. The van der Waals surface area contributed by atoms with Crippen molar-refractivity contribution in [3.63, 3.8) is 0 Å². The summed E-state index contributed by atoms with van der Waals surface area (Å²) in [6, 6.07) is 0. The molecule has 4 heteroatoms. The summed E-state index contributed by atoms with van der Waals surface area (Å²) in [6.07, 6.45) is 0.896. The molecular weight excluding hydrogens is 208 g/mol. The highest BCUT2D eigenvalue weighted by molar-refractivity contribution is 6.74. The first kappa shape index (κ1) is 13.2. The molecule has 3 nitrogen and oxygen atoms in total. The minimum absolute atomic E-state index is 0.0687. The van der Waals surface area contributed by atoms with Gasteiger partial charge in [-0.2, -0.15) is 0 Å². The number of hydrogen-bond acceptors (Lipinski definition) is 3. The molecule has 0 amide bonds. The van der Waals surface area contributed by atoms with Crippen LogP contribution in [0.15, 0.2) is 0 Å². The molecule has 1 heterocycles. The van der Waals surface area contributed by atoms with Crippen LogP contribution in [0.5, 0.6) is 0 Å². The van der Waals surface area contributed by atoms with Crippen molar-refractivity contribution in [2.75, 3.05) is 13.2 Å². The highest BCUT2D eigenvalue weighted by Crippen LogP contribution is 2.38.